The van der Waals surface area contributed by atoms with Crippen LogP contribution in [0.4, 0.5) is 0 Å². The molecule has 0 aromatic carbocycles. The van der Waals surface area contributed by atoms with E-state index in [0.717, 1.165) is 19.6 Å². The Hall–Kier alpha value is 0.750. The van der Waals surface area contributed by atoms with E-state index in [0.29, 0.717) is 6.10 Å². The highest BCUT2D eigenvalue weighted by Gasteiger charge is 2.20. The summed E-state index contributed by atoms with van der Waals surface area (Å²) < 4.78 is 5.26. The molecule has 0 aliphatic carbocycles. The highest BCUT2D eigenvalue weighted by molar-refractivity contribution is 5.86. The molecule has 1 saturated heterocycles. The SMILES string of the molecule is CNCCN1CCC(OC)C1.Cl.Cl.Cl. The lowest BCUT2D eigenvalue weighted by Gasteiger charge is -2.14. The second-order valence-electron chi connectivity index (χ2n) is 3.05. The van der Waals surface area contributed by atoms with Gasteiger partial charge in [-0.2, -0.15) is 0 Å². The molecule has 90 valence electrons. The van der Waals surface area contributed by atoms with Crippen LogP contribution in [0.2, 0.25) is 0 Å². The van der Waals surface area contributed by atoms with Gasteiger partial charge < -0.3 is 10.1 Å². The first-order valence-corrected chi connectivity index (χ1v) is 4.26. The summed E-state index contributed by atoms with van der Waals surface area (Å²) in [4.78, 5) is 2.44. The third-order valence-corrected chi connectivity index (χ3v) is 2.24. The average molecular weight is 268 g/mol. The molecule has 1 unspecified atom stereocenters. The maximum absolute atomic E-state index is 5.26. The topological polar surface area (TPSA) is 24.5 Å². The summed E-state index contributed by atoms with van der Waals surface area (Å²) in [6.45, 7) is 4.53. The summed E-state index contributed by atoms with van der Waals surface area (Å²) >= 11 is 0. The number of hydrogen-bond donors (Lipinski definition) is 1. The summed E-state index contributed by atoms with van der Waals surface area (Å²) in [5.74, 6) is 0. The van der Waals surface area contributed by atoms with Crippen LogP contribution in [-0.2, 0) is 4.74 Å². The minimum Gasteiger partial charge on any atom is -0.380 e. The lowest BCUT2D eigenvalue weighted by Crippen LogP contribution is -2.29. The van der Waals surface area contributed by atoms with Crippen LogP contribution in [-0.4, -0.2) is 51.3 Å². The van der Waals surface area contributed by atoms with Crippen LogP contribution in [0.3, 0.4) is 0 Å². The lowest BCUT2D eigenvalue weighted by atomic mass is 10.3. The minimum absolute atomic E-state index is 0. The van der Waals surface area contributed by atoms with Crippen LogP contribution < -0.4 is 5.32 Å². The second kappa shape index (κ2) is 11.8. The van der Waals surface area contributed by atoms with Crippen LogP contribution in [0, 0.1) is 0 Å². The van der Waals surface area contributed by atoms with Crippen molar-refractivity contribution in [2.24, 2.45) is 0 Å². The Balaban J connectivity index is -0.000000403. The largest absolute Gasteiger partial charge is 0.380 e. The van der Waals surface area contributed by atoms with Gasteiger partial charge in [0.1, 0.15) is 0 Å². The van der Waals surface area contributed by atoms with Crippen molar-refractivity contribution in [3.05, 3.63) is 0 Å². The molecule has 1 atom stereocenters. The van der Waals surface area contributed by atoms with E-state index in [1.165, 1.54) is 13.0 Å². The summed E-state index contributed by atoms with van der Waals surface area (Å²) in [5.41, 5.74) is 0. The molecule has 0 aromatic heterocycles. The van der Waals surface area contributed by atoms with Gasteiger partial charge in [-0.3, -0.25) is 4.90 Å². The van der Waals surface area contributed by atoms with E-state index in [1.54, 1.807) is 7.11 Å². The van der Waals surface area contributed by atoms with E-state index in [2.05, 4.69) is 10.2 Å². The van der Waals surface area contributed by atoms with Crippen molar-refractivity contribution in [1.82, 2.24) is 10.2 Å². The number of hydrogen-bond acceptors (Lipinski definition) is 3. The van der Waals surface area contributed by atoms with Crippen molar-refractivity contribution in [1.29, 1.82) is 0 Å². The van der Waals surface area contributed by atoms with Gasteiger partial charge in [-0.25, -0.2) is 0 Å². The Morgan fingerprint density at radius 1 is 1.36 bits per heavy atom. The maximum Gasteiger partial charge on any atom is 0.0710 e. The zero-order valence-electron chi connectivity index (χ0n) is 8.69. The highest BCUT2D eigenvalue weighted by Crippen LogP contribution is 2.10. The first-order chi connectivity index (χ1) is 5.36. The monoisotopic (exact) mass is 266 g/mol. The molecular formula is C8H21Cl3N2O. The highest BCUT2D eigenvalue weighted by atomic mass is 35.5. The number of rotatable bonds is 4. The molecule has 0 bridgehead atoms. The average Bonchev–Trinajstić information content (AvgIpc) is 2.48. The zero-order valence-corrected chi connectivity index (χ0v) is 11.1. The first-order valence-electron chi connectivity index (χ1n) is 4.26. The van der Waals surface area contributed by atoms with Gasteiger partial charge in [0.05, 0.1) is 6.10 Å². The number of likely N-dealkylation sites (N-methyl/N-ethyl adjacent to an activating group) is 1. The Bertz CT molecular complexity index is 119. The van der Waals surface area contributed by atoms with Crippen molar-refractivity contribution < 1.29 is 4.74 Å². The smallest absolute Gasteiger partial charge is 0.0710 e. The number of ether oxygens (including phenoxy) is 1. The van der Waals surface area contributed by atoms with Gasteiger partial charge in [0.25, 0.3) is 0 Å². The molecule has 1 rings (SSSR count). The summed E-state index contributed by atoms with van der Waals surface area (Å²) in [6.07, 6.45) is 1.67. The number of methoxy groups -OCH3 is 1. The lowest BCUT2D eigenvalue weighted by molar-refractivity contribution is 0.108. The standard InChI is InChI=1S/C8H18N2O.3ClH/c1-9-4-6-10-5-3-8(7-10)11-2;;;/h8-9H,3-7H2,1-2H3;3*1H. The Kier molecular flexibility index (Phi) is 17.1. The molecule has 1 fully saturated rings. The Labute approximate surface area is 105 Å². The molecule has 0 spiro atoms. The van der Waals surface area contributed by atoms with E-state index in [4.69, 9.17) is 4.74 Å². The predicted octanol–water partition coefficient (Wildman–Crippen LogP) is 1.19. The van der Waals surface area contributed by atoms with Gasteiger partial charge in [0.15, 0.2) is 0 Å². The van der Waals surface area contributed by atoms with Crippen LogP contribution >= 0.6 is 37.2 Å². The van der Waals surface area contributed by atoms with Gasteiger partial charge >= 0.3 is 0 Å². The predicted molar refractivity (Wildman–Crippen MR) is 67.5 cm³/mol. The molecule has 0 radical (unpaired) electrons. The minimum atomic E-state index is 0. The van der Waals surface area contributed by atoms with Gasteiger partial charge in [-0.05, 0) is 13.5 Å². The number of likely N-dealkylation sites (tertiary alicyclic amines) is 1. The Morgan fingerprint density at radius 2 is 2.00 bits per heavy atom. The van der Waals surface area contributed by atoms with Crippen molar-refractivity contribution in [3.8, 4) is 0 Å². The van der Waals surface area contributed by atoms with E-state index in [1.807, 2.05) is 7.05 Å². The second-order valence-corrected chi connectivity index (χ2v) is 3.05. The van der Waals surface area contributed by atoms with Gasteiger partial charge in [-0.15, -0.1) is 37.2 Å². The molecule has 1 heterocycles. The molecule has 14 heavy (non-hydrogen) atoms. The van der Waals surface area contributed by atoms with Gasteiger partial charge in [-0.1, -0.05) is 0 Å². The molecular weight excluding hydrogens is 246 g/mol. The number of halogens is 3. The molecule has 0 amide bonds. The maximum atomic E-state index is 5.26. The molecule has 1 aliphatic rings. The van der Waals surface area contributed by atoms with Crippen LogP contribution in [0.1, 0.15) is 6.42 Å². The third kappa shape index (κ3) is 7.10. The van der Waals surface area contributed by atoms with Gasteiger partial charge in [0.2, 0.25) is 0 Å². The van der Waals surface area contributed by atoms with E-state index in [9.17, 15) is 0 Å². The molecule has 0 aromatic rings. The molecule has 1 aliphatic heterocycles. The Morgan fingerprint density at radius 3 is 2.43 bits per heavy atom. The summed E-state index contributed by atoms with van der Waals surface area (Å²) in [7, 11) is 3.79. The fraction of sp³-hybridized carbons (Fsp3) is 1.00. The van der Waals surface area contributed by atoms with Crippen molar-refractivity contribution in [2.45, 2.75) is 12.5 Å². The molecule has 1 N–H and O–H groups in total. The van der Waals surface area contributed by atoms with Crippen molar-refractivity contribution in [3.63, 3.8) is 0 Å². The van der Waals surface area contributed by atoms with Gasteiger partial charge in [0, 0.05) is 33.3 Å². The van der Waals surface area contributed by atoms with Crippen LogP contribution in [0.5, 0.6) is 0 Å². The fourth-order valence-electron chi connectivity index (χ4n) is 1.46. The molecule has 0 saturated carbocycles. The van der Waals surface area contributed by atoms with Crippen LogP contribution in [0.15, 0.2) is 0 Å². The van der Waals surface area contributed by atoms with Crippen molar-refractivity contribution >= 4 is 37.2 Å². The zero-order chi connectivity index (χ0) is 8.10. The van der Waals surface area contributed by atoms with E-state index in [-0.39, 0.29) is 37.2 Å². The summed E-state index contributed by atoms with van der Waals surface area (Å²) in [6, 6.07) is 0. The number of nitrogens with one attached hydrogen (secondary N) is 1. The third-order valence-electron chi connectivity index (χ3n) is 2.24. The fourth-order valence-corrected chi connectivity index (χ4v) is 1.46. The molecule has 3 nitrogen and oxygen atoms in total. The quantitative estimate of drug-likeness (QED) is 0.828. The molecule has 6 heteroatoms. The first kappa shape index (κ1) is 20.2. The van der Waals surface area contributed by atoms with Crippen LogP contribution in [0.25, 0.3) is 0 Å². The number of nitrogens with zero attached hydrogens (tertiary/aromatic N) is 1. The normalized spacial score (nSPS) is 20.6. The van der Waals surface area contributed by atoms with Crippen molar-refractivity contribution in [2.75, 3.05) is 40.3 Å². The van der Waals surface area contributed by atoms with E-state index < -0.39 is 0 Å². The van der Waals surface area contributed by atoms with E-state index >= 15 is 0 Å². The summed E-state index contributed by atoms with van der Waals surface area (Å²) in [5, 5.41) is 3.14.